The number of rotatable bonds is 0. The fourth-order valence-corrected chi connectivity index (χ4v) is 0. The zero-order valence-corrected chi connectivity index (χ0v) is 4.64. The molecule has 1 radical (unpaired) electrons. The smallest absolute Gasteiger partial charge is 0.0319 e. The van der Waals surface area contributed by atoms with Gasteiger partial charge in [-0.05, 0) is 0 Å². The van der Waals surface area contributed by atoms with Crippen LogP contribution in [0.4, 0.5) is 0 Å². The minimum absolute atomic E-state index is 0. The van der Waals surface area contributed by atoms with Crippen LogP contribution in [0.5, 0.6) is 0 Å². The first-order valence-corrected chi connectivity index (χ1v) is 0.894. The van der Waals surface area contributed by atoms with Crippen molar-refractivity contribution >= 4 is 0 Å². The molecule has 0 aromatic rings. The number of hydrogen-bond donors (Lipinski definition) is 2. The third kappa shape index (κ3) is 319. The third-order valence-corrected chi connectivity index (χ3v) is 0. The molecule has 0 saturated heterocycles. The Morgan fingerprint density at radius 3 is 0.833 bits per heavy atom. The molecule has 47 valence electrons. The predicted molar refractivity (Wildman–Crippen MR) is 19.9 cm³/mol. The summed E-state index contributed by atoms with van der Waals surface area (Å²) in [6.07, 6.45) is 0. The van der Waals surface area contributed by atoms with Crippen molar-refractivity contribution in [3.05, 3.63) is 0 Å². The van der Waals surface area contributed by atoms with E-state index in [1.807, 2.05) is 0 Å². The summed E-state index contributed by atoms with van der Waals surface area (Å²) in [7, 11) is 2.00. The summed E-state index contributed by atoms with van der Waals surface area (Å²) in [5.74, 6) is 0. The van der Waals surface area contributed by atoms with Gasteiger partial charge in [-0.3, -0.25) is 0 Å². The van der Waals surface area contributed by atoms with Crippen molar-refractivity contribution in [1.82, 2.24) is 0 Å². The summed E-state index contributed by atoms with van der Waals surface area (Å²) in [5.41, 5.74) is 0. The Bertz CT molecular complexity index is 8.75. The number of aliphatic hydroxyl groups is 2. The molecule has 6 heavy (non-hydrogen) atoms. The largest absolute Gasteiger partial charge is 0.412 e. The van der Waals surface area contributed by atoms with Gasteiger partial charge in [-0.15, -0.1) is 0 Å². The average Bonchev–Trinajstić information content (AvgIpc) is 1.50. The summed E-state index contributed by atoms with van der Waals surface area (Å²) in [4.78, 5) is 0. The molecule has 0 atom stereocenters. The van der Waals surface area contributed by atoms with Crippen LogP contribution < -0.4 is 0 Å². The molecule has 0 aliphatic carbocycles. The standard InChI is InChI=1S/2CH4O.Cu.H2O/c2*1-2;;/h2*2H,1H3;;1H2. The second-order valence-electron chi connectivity index (χ2n) is 0. The molecule has 0 heterocycles. The quantitative estimate of drug-likeness (QED) is 0.403. The van der Waals surface area contributed by atoms with Gasteiger partial charge in [0.25, 0.3) is 0 Å². The first-order valence-electron chi connectivity index (χ1n) is 0.894. The Kier molecular flexibility index (Phi) is 3540. The molecule has 0 aliphatic heterocycles. The van der Waals surface area contributed by atoms with E-state index < -0.39 is 0 Å². The fraction of sp³-hybridized carbons (Fsp3) is 1.00. The van der Waals surface area contributed by atoms with Crippen molar-refractivity contribution < 1.29 is 32.8 Å². The Balaban J connectivity index is -0.00000000500. The molecular weight excluding hydrogens is 136 g/mol. The topological polar surface area (TPSA) is 72.0 Å². The second-order valence-corrected chi connectivity index (χ2v) is 0. The first-order chi connectivity index (χ1) is 2.00. The monoisotopic (exact) mass is 145 g/mol. The van der Waals surface area contributed by atoms with E-state index in [-0.39, 0.29) is 22.5 Å². The molecule has 0 spiro atoms. The van der Waals surface area contributed by atoms with E-state index in [0.717, 1.165) is 14.2 Å². The second kappa shape index (κ2) is 655. The molecule has 0 aromatic heterocycles. The SMILES string of the molecule is CO.CO.O.[Cu]. The molecule has 4 heteroatoms. The van der Waals surface area contributed by atoms with Crippen LogP contribution >= 0.6 is 0 Å². The molecule has 0 saturated carbocycles. The van der Waals surface area contributed by atoms with Crippen molar-refractivity contribution in [3.63, 3.8) is 0 Å². The minimum atomic E-state index is 0. The van der Waals surface area contributed by atoms with Crippen LogP contribution in [-0.2, 0) is 17.1 Å². The Hall–Kier alpha value is 0.399. The molecule has 0 fully saturated rings. The zero-order chi connectivity index (χ0) is 4.00. The van der Waals surface area contributed by atoms with Crippen LogP contribution in [0.15, 0.2) is 0 Å². The van der Waals surface area contributed by atoms with Gasteiger partial charge in [0.15, 0.2) is 0 Å². The van der Waals surface area contributed by atoms with Gasteiger partial charge in [0, 0.05) is 31.3 Å². The van der Waals surface area contributed by atoms with Crippen LogP contribution in [0, 0.1) is 0 Å². The Morgan fingerprint density at radius 2 is 0.833 bits per heavy atom. The van der Waals surface area contributed by atoms with Gasteiger partial charge >= 0.3 is 0 Å². The number of aliphatic hydroxyl groups excluding tert-OH is 2. The predicted octanol–water partition coefficient (Wildman–Crippen LogP) is -1.61. The van der Waals surface area contributed by atoms with E-state index in [1.54, 1.807) is 0 Å². The summed E-state index contributed by atoms with van der Waals surface area (Å²) in [6.45, 7) is 0. The van der Waals surface area contributed by atoms with E-state index in [0.29, 0.717) is 0 Å². The van der Waals surface area contributed by atoms with Gasteiger partial charge in [0.05, 0.1) is 0 Å². The van der Waals surface area contributed by atoms with Crippen LogP contribution in [0.2, 0.25) is 0 Å². The summed E-state index contributed by atoms with van der Waals surface area (Å²) >= 11 is 0. The molecule has 4 N–H and O–H groups in total. The van der Waals surface area contributed by atoms with Gasteiger partial charge in [0.2, 0.25) is 0 Å². The maximum absolute atomic E-state index is 7.00. The Labute approximate surface area is 47.8 Å². The van der Waals surface area contributed by atoms with Crippen molar-refractivity contribution in [2.45, 2.75) is 0 Å². The van der Waals surface area contributed by atoms with Crippen molar-refractivity contribution in [2.24, 2.45) is 0 Å². The van der Waals surface area contributed by atoms with Gasteiger partial charge in [0.1, 0.15) is 0 Å². The molecule has 0 aromatic carbocycles. The van der Waals surface area contributed by atoms with E-state index in [2.05, 4.69) is 0 Å². The molecule has 0 amide bonds. The van der Waals surface area contributed by atoms with E-state index in [4.69, 9.17) is 10.2 Å². The summed E-state index contributed by atoms with van der Waals surface area (Å²) in [5, 5.41) is 14.0. The normalized spacial score (nSPS) is 2.00. The van der Waals surface area contributed by atoms with Gasteiger partial charge in [-0.1, -0.05) is 0 Å². The van der Waals surface area contributed by atoms with Gasteiger partial charge in [-0.25, -0.2) is 0 Å². The van der Waals surface area contributed by atoms with Crippen LogP contribution in [0.25, 0.3) is 0 Å². The molecule has 0 aliphatic rings. The van der Waals surface area contributed by atoms with Crippen LogP contribution in [-0.4, -0.2) is 29.9 Å². The van der Waals surface area contributed by atoms with E-state index >= 15 is 0 Å². The van der Waals surface area contributed by atoms with Crippen molar-refractivity contribution in [1.29, 1.82) is 0 Å². The third-order valence-electron chi connectivity index (χ3n) is 0. The van der Waals surface area contributed by atoms with E-state index in [9.17, 15) is 0 Å². The van der Waals surface area contributed by atoms with E-state index in [1.165, 1.54) is 0 Å². The molecule has 0 unspecified atom stereocenters. The maximum atomic E-state index is 7.00. The molecule has 3 nitrogen and oxygen atoms in total. The zero-order valence-electron chi connectivity index (χ0n) is 3.70. The molecule has 0 rings (SSSR count). The number of hydrogen-bond acceptors (Lipinski definition) is 2. The average molecular weight is 146 g/mol. The summed E-state index contributed by atoms with van der Waals surface area (Å²) < 4.78 is 0. The van der Waals surface area contributed by atoms with Crippen molar-refractivity contribution in [2.75, 3.05) is 14.2 Å². The van der Waals surface area contributed by atoms with Gasteiger partial charge in [-0.2, -0.15) is 0 Å². The first kappa shape index (κ1) is 32.4. The Morgan fingerprint density at radius 1 is 0.833 bits per heavy atom. The van der Waals surface area contributed by atoms with Crippen molar-refractivity contribution in [3.8, 4) is 0 Å². The summed E-state index contributed by atoms with van der Waals surface area (Å²) in [6, 6.07) is 0. The van der Waals surface area contributed by atoms with Crippen LogP contribution in [0.3, 0.4) is 0 Å². The molecule has 0 bridgehead atoms. The minimum Gasteiger partial charge on any atom is -0.412 e. The fourth-order valence-electron chi connectivity index (χ4n) is 0. The van der Waals surface area contributed by atoms with Crippen LogP contribution in [0.1, 0.15) is 0 Å². The molecular formula is C2H10CuO3. The maximum Gasteiger partial charge on any atom is 0.0319 e. The van der Waals surface area contributed by atoms with Gasteiger partial charge < -0.3 is 15.7 Å².